The van der Waals surface area contributed by atoms with Crippen molar-refractivity contribution in [1.29, 1.82) is 0 Å². The van der Waals surface area contributed by atoms with Crippen molar-refractivity contribution in [1.82, 2.24) is 16.2 Å². The Hall–Kier alpha value is -2.48. The predicted octanol–water partition coefficient (Wildman–Crippen LogP) is 2.11. The van der Waals surface area contributed by atoms with Crippen LogP contribution in [-0.2, 0) is 9.59 Å². The molecular weight excluding hydrogens is 340 g/mol. The first-order chi connectivity index (χ1) is 11.8. The first-order valence-electron chi connectivity index (χ1n) is 8.12. The fourth-order valence-corrected chi connectivity index (χ4v) is 2.09. The fraction of sp³-hybridized carbons (Fsp3) is 0.412. The summed E-state index contributed by atoms with van der Waals surface area (Å²) in [6.45, 7) is 5.82. The molecule has 0 saturated heterocycles. The molecule has 0 radical (unpaired) electrons. The Morgan fingerprint density at radius 3 is 2.24 bits per heavy atom. The van der Waals surface area contributed by atoms with Crippen LogP contribution < -0.4 is 21.5 Å². The van der Waals surface area contributed by atoms with Crippen molar-refractivity contribution in [3.05, 3.63) is 29.8 Å². The third-order valence-corrected chi connectivity index (χ3v) is 3.25. The van der Waals surface area contributed by atoms with Gasteiger partial charge in [-0.25, -0.2) is 0 Å². The Balaban J connectivity index is 2.47. The van der Waals surface area contributed by atoms with Crippen molar-refractivity contribution < 1.29 is 14.4 Å². The predicted molar refractivity (Wildman–Crippen MR) is 101 cm³/mol. The van der Waals surface area contributed by atoms with Crippen LogP contribution in [0.25, 0.3) is 0 Å². The van der Waals surface area contributed by atoms with E-state index in [0.717, 1.165) is 0 Å². The Morgan fingerprint density at radius 2 is 1.68 bits per heavy atom. The molecule has 0 aliphatic heterocycles. The summed E-state index contributed by atoms with van der Waals surface area (Å²) >= 11 is 4.91. The minimum Gasteiger partial charge on any atom is -0.326 e. The summed E-state index contributed by atoms with van der Waals surface area (Å²) in [6, 6.07) is 6.46. The van der Waals surface area contributed by atoms with E-state index in [0.29, 0.717) is 30.5 Å². The van der Waals surface area contributed by atoms with E-state index in [2.05, 4.69) is 21.5 Å². The van der Waals surface area contributed by atoms with Crippen molar-refractivity contribution >= 4 is 40.7 Å². The molecule has 0 aliphatic carbocycles. The smallest absolute Gasteiger partial charge is 0.269 e. The van der Waals surface area contributed by atoms with E-state index in [1.54, 1.807) is 24.3 Å². The minimum atomic E-state index is -0.410. The first kappa shape index (κ1) is 20.6. The highest BCUT2D eigenvalue weighted by atomic mass is 32.1. The van der Waals surface area contributed by atoms with E-state index in [4.69, 9.17) is 12.2 Å². The van der Waals surface area contributed by atoms with E-state index in [-0.39, 0.29) is 22.8 Å². The van der Waals surface area contributed by atoms with Gasteiger partial charge in [0.1, 0.15) is 0 Å². The van der Waals surface area contributed by atoms with E-state index >= 15 is 0 Å². The number of rotatable bonds is 6. The summed E-state index contributed by atoms with van der Waals surface area (Å²) < 4.78 is 0. The number of thiocarbonyl (C=S) groups is 1. The van der Waals surface area contributed by atoms with Gasteiger partial charge in [-0.3, -0.25) is 25.2 Å². The molecular formula is C17H24N4O3S. The second kappa shape index (κ2) is 10.4. The van der Waals surface area contributed by atoms with Gasteiger partial charge in [-0.2, -0.15) is 0 Å². The molecule has 1 aromatic rings. The maximum absolute atomic E-state index is 12.0. The lowest BCUT2D eigenvalue weighted by Crippen LogP contribution is -2.48. The van der Waals surface area contributed by atoms with Gasteiger partial charge in [0.25, 0.3) is 5.91 Å². The van der Waals surface area contributed by atoms with Crippen molar-refractivity contribution in [3.63, 3.8) is 0 Å². The molecule has 25 heavy (non-hydrogen) atoms. The fourth-order valence-electron chi connectivity index (χ4n) is 1.92. The average Bonchev–Trinajstić information content (AvgIpc) is 2.52. The van der Waals surface area contributed by atoms with Crippen molar-refractivity contribution in [3.8, 4) is 0 Å². The molecule has 4 N–H and O–H groups in total. The van der Waals surface area contributed by atoms with E-state index in [1.165, 1.54) is 0 Å². The van der Waals surface area contributed by atoms with Crippen molar-refractivity contribution in [2.24, 2.45) is 5.92 Å². The lowest BCUT2D eigenvalue weighted by Gasteiger charge is -2.11. The van der Waals surface area contributed by atoms with Gasteiger partial charge in [0.05, 0.1) is 0 Å². The molecule has 0 unspecified atom stereocenters. The zero-order valence-corrected chi connectivity index (χ0v) is 15.5. The lowest BCUT2D eigenvalue weighted by molar-refractivity contribution is -0.119. The average molecular weight is 364 g/mol. The van der Waals surface area contributed by atoms with Gasteiger partial charge in [-0.05, 0) is 48.8 Å². The highest BCUT2D eigenvalue weighted by molar-refractivity contribution is 7.80. The highest BCUT2D eigenvalue weighted by Gasteiger charge is 2.09. The monoisotopic (exact) mass is 364 g/mol. The molecule has 136 valence electrons. The number of anilines is 1. The van der Waals surface area contributed by atoms with Crippen LogP contribution in [0.3, 0.4) is 0 Å². The van der Waals surface area contributed by atoms with Gasteiger partial charge < -0.3 is 10.6 Å². The molecule has 0 fully saturated rings. The Labute approximate surface area is 152 Å². The molecule has 0 bridgehead atoms. The maximum Gasteiger partial charge on any atom is 0.269 e. The van der Waals surface area contributed by atoms with E-state index in [9.17, 15) is 14.4 Å². The highest BCUT2D eigenvalue weighted by Crippen LogP contribution is 2.11. The first-order valence-corrected chi connectivity index (χ1v) is 8.52. The van der Waals surface area contributed by atoms with Crippen LogP contribution >= 0.6 is 12.2 Å². The summed E-state index contributed by atoms with van der Waals surface area (Å²) in [7, 11) is 0. The Bertz CT molecular complexity index is 629. The number of hydrazine groups is 1. The molecule has 3 amide bonds. The number of carbonyl (C=O) groups is 3. The van der Waals surface area contributed by atoms with Crippen LogP contribution in [0.15, 0.2) is 24.3 Å². The zero-order chi connectivity index (χ0) is 18.8. The molecule has 0 spiro atoms. The molecule has 0 heterocycles. The second-order valence-electron chi connectivity index (χ2n) is 5.93. The van der Waals surface area contributed by atoms with Gasteiger partial charge >= 0.3 is 0 Å². The number of carbonyl (C=O) groups excluding carboxylic acids is 3. The van der Waals surface area contributed by atoms with Crippen LogP contribution in [0.2, 0.25) is 0 Å². The van der Waals surface area contributed by atoms with Crippen molar-refractivity contribution in [2.75, 3.05) is 5.32 Å². The van der Waals surface area contributed by atoms with Crippen LogP contribution in [0.1, 0.15) is 50.4 Å². The molecule has 0 aromatic heterocycles. The van der Waals surface area contributed by atoms with E-state index < -0.39 is 5.91 Å². The summed E-state index contributed by atoms with van der Waals surface area (Å²) in [5, 5.41) is 5.25. The summed E-state index contributed by atoms with van der Waals surface area (Å²) in [5.74, 6) is -0.414. The molecule has 0 aliphatic rings. The Kier molecular flexibility index (Phi) is 8.55. The van der Waals surface area contributed by atoms with Crippen LogP contribution in [0, 0.1) is 5.92 Å². The van der Waals surface area contributed by atoms with Gasteiger partial charge in [-0.15, -0.1) is 0 Å². The normalized spacial score (nSPS) is 10.1. The lowest BCUT2D eigenvalue weighted by atomic mass is 10.1. The van der Waals surface area contributed by atoms with Gasteiger partial charge in [-0.1, -0.05) is 20.8 Å². The molecule has 1 rings (SSSR count). The van der Waals surface area contributed by atoms with E-state index in [1.807, 2.05) is 20.8 Å². The quantitative estimate of drug-likeness (QED) is 0.458. The molecule has 0 saturated carbocycles. The molecule has 8 heteroatoms. The van der Waals surface area contributed by atoms with Gasteiger partial charge in [0.15, 0.2) is 5.11 Å². The molecule has 7 nitrogen and oxygen atoms in total. The van der Waals surface area contributed by atoms with Gasteiger partial charge in [0, 0.05) is 24.1 Å². The van der Waals surface area contributed by atoms with Gasteiger partial charge in [0.2, 0.25) is 11.8 Å². The topological polar surface area (TPSA) is 99.3 Å². The standard InChI is InChI=1S/C17H24N4O3S/c1-4-5-14(22)19-17(25)21-20-16(24)12-6-8-13(9-7-12)18-15(23)10-11(2)3/h6-9,11H,4-5,10H2,1-3H3,(H,18,23)(H,20,24)(H2,19,21,22,25). The third-order valence-electron chi connectivity index (χ3n) is 3.04. The molecule has 0 atom stereocenters. The number of hydrogen-bond acceptors (Lipinski definition) is 4. The number of hydrogen-bond donors (Lipinski definition) is 4. The largest absolute Gasteiger partial charge is 0.326 e. The SMILES string of the molecule is CCCC(=O)NC(=S)NNC(=O)c1ccc(NC(=O)CC(C)C)cc1. The van der Waals surface area contributed by atoms with Crippen LogP contribution in [-0.4, -0.2) is 22.8 Å². The summed E-state index contributed by atoms with van der Waals surface area (Å²) in [4.78, 5) is 35.1. The number of nitrogens with one attached hydrogen (secondary N) is 4. The van der Waals surface area contributed by atoms with Crippen molar-refractivity contribution in [2.45, 2.75) is 40.0 Å². The maximum atomic E-state index is 12.0. The third kappa shape index (κ3) is 8.25. The molecule has 1 aromatic carbocycles. The number of amides is 3. The minimum absolute atomic E-state index is 0.0318. The number of benzene rings is 1. The second-order valence-corrected chi connectivity index (χ2v) is 6.34. The van der Waals surface area contributed by atoms with Crippen LogP contribution in [0.4, 0.5) is 5.69 Å². The summed E-state index contributed by atoms with van der Waals surface area (Å²) in [5.41, 5.74) is 5.88. The zero-order valence-electron chi connectivity index (χ0n) is 14.6. The Morgan fingerprint density at radius 1 is 1.04 bits per heavy atom. The summed E-state index contributed by atoms with van der Waals surface area (Å²) in [6.07, 6.45) is 1.51. The van der Waals surface area contributed by atoms with Crippen LogP contribution in [0.5, 0.6) is 0 Å².